The van der Waals surface area contributed by atoms with Crippen molar-refractivity contribution in [1.82, 2.24) is 29.5 Å². The quantitative estimate of drug-likeness (QED) is 0.281. The molecule has 10 heteroatoms. The molecule has 1 atom stereocenters. The van der Waals surface area contributed by atoms with Gasteiger partial charge in [0.2, 0.25) is 5.95 Å². The number of hydrogen-bond donors (Lipinski definition) is 1. The molecule has 1 N–H and O–H groups in total. The third kappa shape index (κ3) is 4.77. The monoisotopic (exact) mass is 553 g/mol. The molecule has 0 unspecified atom stereocenters. The van der Waals surface area contributed by atoms with Crippen molar-refractivity contribution in [3.63, 3.8) is 0 Å². The summed E-state index contributed by atoms with van der Waals surface area (Å²) in [5.41, 5.74) is 3.71. The molecule has 0 fully saturated rings. The second-order valence-corrected chi connectivity index (χ2v) is 9.98. The summed E-state index contributed by atoms with van der Waals surface area (Å²) in [7, 11) is 3.75. The lowest BCUT2D eigenvalue weighted by Crippen LogP contribution is -2.28. The van der Waals surface area contributed by atoms with E-state index in [1.807, 2.05) is 74.4 Å². The van der Waals surface area contributed by atoms with E-state index in [4.69, 9.17) is 4.98 Å². The first-order chi connectivity index (χ1) is 20.5. The maximum absolute atomic E-state index is 14.5. The van der Waals surface area contributed by atoms with Crippen molar-refractivity contribution < 1.29 is 0 Å². The Morgan fingerprint density at radius 2 is 1.74 bits per heavy atom. The molecule has 0 spiro atoms. The van der Waals surface area contributed by atoms with Gasteiger partial charge in [-0.05, 0) is 48.4 Å². The van der Waals surface area contributed by atoms with Gasteiger partial charge in [0.1, 0.15) is 18.0 Å². The van der Waals surface area contributed by atoms with E-state index in [0.29, 0.717) is 62.6 Å². The number of anilines is 2. The van der Waals surface area contributed by atoms with Gasteiger partial charge in [-0.3, -0.25) is 9.36 Å². The standard InChI is InChI=1S/C32H27N9O/c1-4-25(38-29-24-15-20(16-33)13-14-26(24)36-19-37-29)30-39-27-12-8-11-23(21-17-34-32(35-18-21)40(2)3)28(27)31(42)41(30)22-9-6-5-7-10-22/h5-15,17-19,25H,4H2,1-3H3,(H,36,37,38)/t25-/m0/s1. The molecule has 0 radical (unpaired) electrons. The van der Waals surface area contributed by atoms with Crippen molar-refractivity contribution >= 4 is 33.6 Å². The predicted octanol–water partition coefficient (Wildman–Crippen LogP) is 5.29. The molecule has 10 nitrogen and oxygen atoms in total. The minimum Gasteiger partial charge on any atom is -0.359 e. The van der Waals surface area contributed by atoms with Gasteiger partial charge in [0.05, 0.1) is 39.8 Å². The highest BCUT2D eigenvalue weighted by atomic mass is 16.1. The van der Waals surface area contributed by atoms with E-state index in [1.54, 1.807) is 35.2 Å². The molecule has 3 heterocycles. The van der Waals surface area contributed by atoms with Crippen LogP contribution in [0.3, 0.4) is 0 Å². The van der Waals surface area contributed by atoms with Crippen molar-refractivity contribution in [3.8, 4) is 22.9 Å². The van der Waals surface area contributed by atoms with E-state index in [9.17, 15) is 10.1 Å². The maximum Gasteiger partial charge on any atom is 0.266 e. The molecule has 0 bridgehead atoms. The van der Waals surface area contributed by atoms with Gasteiger partial charge < -0.3 is 10.2 Å². The summed E-state index contributed by atoms with van der Waals surface area (Å²) in [6.07, 6.45) is 5.54. The highest BCUT2D eigenvalue weighted by molar-refractivity contribution is 5.94. The van der Waals surface area contributed by atoms with Gasteiger partial charge in [0, 0.05) is 37.4 Å². The zero-order valence-corrected chi connectivity index (χ0v) is 23.4. The number of para-hydroxylation sites is 1. The Kier molecular flexibility index (Phi) is 6.98. The third-order valence-electron chi connectivity index (χ3n) is 7.08. The van der Waals surface area contributed by atoms with E-state index in [-0.39, 0.29) is 5.56 Å². The summed E-state index contributed by atoms with van der Waals surface area (Å²) >= 11 is 0. The highest BCUT2D eigenvalue weighted by Crippen LogP contribution is 2.30. The fourth-order valence-corrected chi connectivity index (χ4v) is 4.99. The fourth-order valence-electron chi connectivity index (χ4n) is 4.99. The van der Waals surface area contributed by atoms with Gasteiger partial charge in [0.25, 0.3) is 5.56 Å². The Balaban J connectivity index is 1.56. The highest BCUT2D eigenvalue weighted by Gasteiger charge is 2.23. The Labute approximate surface area is 242 Å². The van der Waals surface area contributed by atoms with E-state index >= 15 is 0 Å². The fraction of sp³-hybridized carbons (Fsp3) is 0.156. The second-order valence-electron chi connectivity index (χ2n) is 9.98. The zero-order chi connectivity index (χ0) is 29.2. The summed E-state index contributed by atoms with van der Waals surface area (Å²) < 4.78 is 1.66. The van der Waals surface area contributed by atoms with Crippen molar-refractivity contribution in [2.24, 2.45) is 0 Å². The summed E-state index contributed by atoms with van der Waals surface area (Å²) in [5, 5.41) is 14.2. The van der Waals surface area contributed by atoms with Crippen molar-refractivity contribution in [1.29, 1.82) is 5.26 Å². The van der Waals surface area contributed by atoms with Gasteiger partial charge in [-0.15, -0.1) is 0 Å². The number of rotatable bonds is 7. The SMILES string of the molecule is CC[C@H](Nc1ncnc2ccc(C#N)cc12)c1nc2cccc(-c3cnc(N(C)C)nc3)c2c(=O)n1-c1ccccc1. The van der Waals surface area contributed by atoms with E-state index < -0.39 is 6.04 Å². The molecular weight excluding hydrogens is 526 g/mol. The van der Waals surface area contributed by atoms with Crippen LogP contribution in [0.15, 0.2) is 90.2 Å². The first-order valence-electron chi connectivity index (χ1n) is 13.5. The number of benzene rings is 3. The van der Waals surface area contributed by atoms with Crippen LogP contribution in [0.4, 0.5) is 11.8 Å². The lowest BCUT2D eigenvalue weighted by atomic mass is 10.0. The predicted molar refractivity (Wildman–Crippen MR) is 164 cm³/mol. The minimum atomic E-state index is -0.391. The van der Waals surface area contributed by atoms with E-state index in [0.717, 1.165) is 5.56 Å². The lowest BCUT2D eigenvalue weighted by Gasteiger charge is -2.23. The molecule has 0 saturated heterocycles. The molecule has 0 aliphatic rings. The summed E-state index contributed by atoms with van der Waals surface area (Å²) in [6.45, 7) is 2.02. The smallest absolute Gasteiger partial charge is 0.266 e. The summed E-state index contributed by atoms with van der Waals surface area (Å²) in [6, 6.07) is 22.2. The number of nitrogens with zero attached hydrogens (tertiary/aromatic N) is 8. The number of hydrogen-bond acceptors (Lipinski definition) is 9. The Bertz CT molecular complexity index is 2010. The first-order valence-corrected chi connectivity index (χ1v) is 13.5. The minimum absolute atomic E-state index is 0.201. The van der Waals surface area contributed by atoms with Gasteiger partial charge in [-0.25, -0.2) is 24.9 Å². The average molecular weight is 554 g/mol. The van der Waals surface area contributed by atoms with Crippen LogP contribution in [0.1, 0.15) is 30.8 Å². The van der Waals surface area contributed by atoms with E-state index in [2.05, 4.69) is 31.3 Å². The summed E-state index contributed by atoms with van der Waals surface area (Å²) in [5.74, 6) is 1.68. The largest absolute Gasteiger partial charge is 0.359 e. The molecule has 42 heavy (non-hydrogen) atoms. The van der Waals surface area contributed by atoms with Crippen LogP contribution in [-0.4, -0.2) is 43.6 Å². The summed E-state index contributed by atoms with van der Waals surface area (Å²) in [4.78, 5) is 39.1. The van der Waals surface area contributed by atoms with Crippen LogP contribution >= 0.6 is 0 Å². The molecule has 6 aromatic rings. The molecule has 0 aliphatic carbocycles. The Morgan fingerprint density at radius 3 is 2.45 bits per heavy atom. The number of aromatic nitrogens is 6. The average Bonchev–Trinajstić information content (AvgIpc) is 3.03. The van der Waals surface area contributed by atoms with E-state index in [1.165, 1.54) is 6.33 Å². The molecule has 6 rings (SSSR count). The molecule has 0 amide bonds. The van der Waals surface area contributed by atoms with Crippen molar-refractivity contribution in [3.05, 3.63) is 107 Å². The van der Waals surface area contributed by atoms with Gasteiger partial charge in [-0.1, -0.05) is 37.3 Å². The third-order valence-corrected chi connectivity index (χ3v) is 7.08. The number of nitrogens with one attached hydrogen (secondary N) is 1. The number of nitriles is 1. The van der Waals surface area contributed by atoms with Crippen LogP contribution in [-0.2, 0) is 0 Å². The lowest BCUT2D eigenvalue weighted by molar-refractivity contribution is 0.659. The number of fused-ring (bicyclic) bond motifs is 2. The molecule has 3 aromatic heterocycles. The van der Waals surface area contributed by atoms with Crippen LogP contribution in [0.25, 0.3) is 38.6 Å². The van der Waals surface area contributed by atoms with Crippen LogP contribution in [0.5, 0.6) is 0 Å². The van der Waals surface area contributed by atoms with Crippen molar-refractivity contribution in [2.75, 3.05) is 24.3 Å². The zero-order valence-electron chi connectivity index (χ0n) is 23.4. The molecule has 3 aromatic carbocycles. The molecular formula is C32H27N9O. The maximum atomic E-state index is 14.5. The molecule has 0 aliphatic heterocycles. The van der Waals surface area contributed by atoms with Crippen LogP contribution in [0.2, 0.25) is 0 Å². The Morgan fingerprint density at radius 1 is 0.952 bits per heavy atom. The topological polar surface area (TPSA) is 126 Å². The first kappa shape index (κ1) is 26.5. The second kappa shape index (κ2) is 11.1. The van der Waals surface area contributed by atoms with Crippen LogP contribution < -0.4 is 15.8 Å². The normalized spacial score (nSPS) is 11.8. The van der Waals surface area contributed by atoms with Gasteiger partial charge >= 0.3 is 0 Å². The van der Waals surface area contributed by atoms with Crippen LogP contribution in [0, 0.1) is 11.3 Å². The van der Waals surface area contributed by atoms with Gasteiger partial charge in [0.15, 0.2) is 0 Å². The van der Waals surface area contributed by atoms with Crippen molar-refractivity contribution in [2.45, 2.75) is 19.4 Å². The Hall–Kier alpha value is -5.69. The molecule has 0 saturated carbocycles. The van der Waals surface area contributed by atoms with Gasteiger partial charge in [-0.2, -0.15) is 5.26 Å². The molecule has 206 valence electrons.